The molecular weight excluding hydrogens is 637 g/mol. The van der Waals surface area contributed by atoms with Gasteiger partial charge in [-0.2, -0.15) is 0 Å². The van der Waals surface area contributed by atoms with Gasteiger partial charge in [-0.05, 0) is 39.7 Å². The zero-order valence-electron chi connectivity index (χ0n) is 28.8. The van der Waals surface area contributed by atoms with Crippen molar-refractivity contribution < 1.29 is 33.0 Å². The third-order valence-corrected chi connectivity index (χ3v) is 14.0. The lowest BCUT2D eigenvalue weighted by atomic mass is 10.1. The molecule has 3 aromatic carbocycles. The van der Waals surface area contributed by atoms with Crippen LogP contribution >= 0.6 is 0 Å². The van der Waals surface area contributed by atoms with Gasteiger partial charge < -0.3 is 28.3 Å². The van der Waals surface area contributed by atoms with Gasteiger partial charge in [0.05, 0.1) is 30.5 Å². The van der Waals surface area contributed by atoms with Crippen LogP contribution in [0.4, 0.5) is 0 Å². The van der Waals surface area contributed by atoms with Crippen molar-refractivity contribution in [3.8, 4) is 11.5 Å². The molecule has 1 aromatic heterocycles. The fourth-order valence-electron chi connectivity index (χ4n) is 6.77. The molecule has 3 heterocycles. The van der Waals surface area contributed by atoms with Gasteiger partial charge in [-0.1, -0.05) is 87.5 Å². The summed E-state index contributed by atoms with van der Waals surface area (Å²) in [6.07, 6.45) is 2.18. The van der Waals surface area contributed by atoms with E-state index in [0.717, 1.165) is 0 Å². The summed E-state index contributed by atoms with van der Waals surface area (Å²) in [5.41, 5.74) is 1.43. The lowest BCUT2D eigenvalue weighted by molar-refractivity contribution is -0.127. The summed E-state index contributed by atoms with van der Waals surface area (Å²) in [6, 6.07) is 29.4. The van der Waals surface area contributed by atoms with E-state index >= 15 is 0 Å². The largest absolute Gasteiger partial charge is 0.490 e. The predicted octanol–water partition coefficient (Wildman–Crippen LogP) is 5.41. The van der Waals surface area contributed by atoms with Crippen LogP contribution in [0.15, 0.2) is 97.2 Å². The molecule has 256 valence electrons. The van der Waals surface area contributed by atoms with Gasteiger partial charge in [-0.25, -0.2) is 4.79 Å². The van der Waals surface area contributed by atoms with E-state index in [1.165, 1.54) is 10.4 Å². The minimum Gasteiger partial charge on any atom is -0.490 e. The van der Waals surface area contributed by atoms with Gasteiger partial charge in [0, 0.05) is 39.6 Å². The molecule has 0 spiro atoms. The average molecular weight is 681 g/mol. The Hall–Kier alpha value is -4.51. The van der Waals surface area contributed by atoms with Crippen LogP contribution in [0.5, 0.6) is 11.5 Å². The molecule has 2 aliphatic heterocycles. The molecule has 4 aromatic rings. The van der Waals surface area contributed by atoms with Gasteiger partial charge in [0.15, 0.2) is 0 Å². The van der Waals surface area contributed by atoms with E-state index in [0.29, 0.717) is 55.5 Å². The van der Waals surface area contributed by atoms with Crippen molar-refractivity contribution in [1.29, 1.82) is 0 Å². The van der Waals surface area contributed by atoms with Crippen molar-refractivity contribution in [2.24, 2.45) is 0 Å². The number of esters is 1. The number of morpholine rings is 1. The van der Waals surface area contributed by atoms with E-state index in [4.69, 9.17) is 23.4 Å². The number of carbonyl (C=O) groups excluding carboxylic acids is 2. The van der Waals surface area contributed by atoms with Gasteiger partial charge in [0.1, 0.15) is 23.7 Å². The van der Waals surface area contributed by atoms with E-state index in [1.54, 1.807) is 49.2 Å². The highest BCUT2D eigenvalue weighted by atomic mass is 28.4. The normalized spacial score (nSPS) is 17.4. The van der Waals surface area contributed by atoms with Crippen molar-refractivity contribution in [3.05, 3.63) is 114 Å². The number of carbonyl (C=O) groups is 2. The maximum Gasteiger partial charge on any atom is 0.349 e. The minimum atomic E-state index is -2.76. The summed E-state index contributed by atoms with van der Waals surface area (Å²) in [6.45, 7) is 11.7. The van der Waals surface area contributed by atoms with Crippen LogP contribution in [0.3, 0.4) is 0 Å². The van der Waals surface area contributed by atoms with Gasteiger partial charge >= 0.3 is 5.97 Å². The molecular formula is C39H44N2O7Si. The van der Waals surface area contributed by atoms with E-state index < -0.39 is 26.1 Å². The van der Waals surface area contributed by atoms with Crippen molar-refractivity contribution in [1.82, 2.24) is 9.88 Å². The highest BCUT2D eigenvalue weighted by Crippen LogP contribution is 2.38. The Morgan fingerprint density at radius 1 is 0.939 bits per heavy atom. The summed E-state index contributed by atoms with van der Waals surface area (Å²) in [5.74, 6) is -1.01. The molecule has 1 amide bonds. The Kier molecular flexibility index (Phi) is 9.92. The van der Waals surface area contributed by atoms with Gasteiger partial charge in [0.25, 0.3) is 14.2 Å². The average Bonchev–Trinajstić information content (AvgIpc) is 3.09. The van der Waals surface area contributed by atoms with E-state index in [2.05, 4.69) is 74.3 Å². The minimum absolute atomic E-state index is 0.116. The SMILES string of the molecule is CC1(C)OC(=O)c2c(OC[C@@H]3COCCN3C(=O)c3cccnc3CCO[Si](c3ccccc3)(c3ccccc3)C(C)(C)C)cccc2O1. The molecule has 0 saturated carbocycles. The molecule has 1 saturated heterocycles. The second-order valence-corrected chi connectivity index (χ2v) is 18.1. The van der Waals surface area contributed by atoms with Crippen molar-refractivity contribution in [2.75, 3.05) is 33.0 Å². The third kappa shape index (κ3) is 7.13. The van der Waals surface area contributed by atoms with Crippen LogP contribution in [0.1, 0.15) is 61.0 Å². The molecule has 9 nitrogen and oxygen atoms in total. The summed E-state index contributed by atoms with van der Waals surface area (Å²) < 4.78 is 30.3. The Balaban J connectivity index is 1.21. The standard InChI is InChI=1S/C39H44N2O7Si/c1-38(2,3)49(29-14-8-6-9-15-29,30-16-10-7-11-17-30)46-24-21-32-31(18-13-22-40-32)36(42)41-23-25-44-26-28(41)27-45-33-19-12-20-34-35(33)37(43)48-39(4,5)47-34/h6-20,22,28H,21,23-27H2,1-5H3/t28-/m0/s1. The van der Waals surface area contributed by atoms with Gasteiger partial charge in [0.2, 0.25) is 5.79 Å². The molecule has 0 N–H and O–H groups in total. The highest BCUT2D eigenvalue weighted by molar-refractivity contribution is 6.99. The number of amides is 1. The monoisotopic (exact) mass is 680 g/mol. The quantitative estimate of drug-likeness (QED) is 0.162. The van der Waals surface area contributed by atoms with Crippen molar-refractivity contribution in [2.45, 2.75) is 57.9 Å². The zero-order valence-corrected chi connectivity index (χ0v) is 29.8. The highest BCUT2D eigenvalue weighted by Gasteiger charge is 2.50. The molecule has 1 fully saturated rings. The third-order valence-electron chi connectivity index (χ3n) is 9.00. The second kappa shape index (κ2) is 14.1. The molecule has 0 radical (unpaired) electrons. The number of cyclic esters (lactones) is 1. The molecule has 1 atom stereocenters. The maximum absolute atomic E-state index is 14.2. The summed E-state index contributed by atoms with van der Waals surface area (Å²) in [5, 5.41) is 2.23. The number of pyridine rings is 1. The summed E-state index contributed by atoms with van der Waals surface area (Å²) >= 11 is 0. The lowest BCUT2D eigenvalue weighted by Crippen LogP contribution is -2.66. The van der Waals surface area contributed by atoms with E-state index in [1.807, 2.05) is 18.2 Å². The Labute approximate surface area is 289 Å². The number of fused-ring (bicyclic) bond motifs is 1. The van der Waals surface area contributed by atoms with Crippen LogP contribution in [0, 0.1) is 0 Å². The molecule has 49 heavy (non-hydrogen) atoms. The number of nitrogens with zero attached hydrogens (tertiary/aromatic N) is 2. The van der Waals surface area contributed by atoms with Gasteiger partial charge in [-0.3, -0.25) is 9.78 Å². The number of benzene rings is 3. The number of rotatable bonds is 10. The smallest absolute Gasteiger partial charge is 0.349 e. The second-order valence-electron chi connectivity index (χ2n) is 13.8. The van der Waals surface area contributed by atoms with Crippen molar-refractivity contribution in [3.63, 3.8) is 0 Å². The van der Waals surface area contributed by atoms with Crippen LogP contribution in [0.25, 0.3) is 0 Å². The number of hydrogen-bond acceptors (Lipinski definition) is 8. The number of aromatic nitrogens is 1. The Morgan fingerprint density at radius 3 is 2.31 bits per heavy atom. The van der Waals surface area contributed by atoms with Crippen LogP contribution in [0.2, 0.25) is 5.04 Å². The predicted molar refractivity (Wildman–Crippen MR) is 189 cm³/mol. The van der Waals surface area contributed by atoms with Gasteiger partial charge in [-0.15, -0.1) is 0 Å². The Bertz CT molecular complexity index is 1740. The Morgan fingerprint density at radius 2 is 1.63 bits per heavy atom. The topological polar surface area (TPSA) is 96.4 Å². The first-order chi connectivity index (χ1) is 23.5. The molecule has 0 unspecified atom stereocenters. The first kappa shape index (κ1) is 34.4. The summed E-state index contributed by atoms with van der Waals surface area (Å²) in [7, 11) is -2.76. The maximum atomic E-state index is 14.2. The van der Waals surface area contributed by atoms with Crippen LogP contribution in [-0.4, -0.2) is 74.9 Å². The molecule has 2 aliphatic rings. The van der Waals surface area contributed by atoms with Crippen LogP contribution in [-0.2, 0) is 20.3 Å². The first-order valence-corrected chi connectivity index (χ1v) is 18.7. The molecule has 0 aliphatic carbocycles. The van der Waals surface area contributed by atoms with E-state index in [9.17, 15) is 9.59 Å². The lowest BCUT2D eigenvalue weighted by Gasteiger charge is -2.43. The first-order valence-electron chi connectivity index (χ1n) is 16.8. The fourth-order valence-corrected chi connectivity index (χ4v) is 11.3. The van der Waals surface area contributed by atoms with Crippen LogP contribution < -0.4 is 19.8 Å². The molecule has 0 bridgehead atoms. The zero-order chi connectivity index (χ0) is 34.6. The number of ether oxygens (including phenoxy) is 4. The molecule has 10 heteroatoms. The number of hydrogen-bond donors (Lipinski definition) is 0. The summed E-state index contributed by atoms with van der Waals surface area (Å²) in [4.78, 5) is 33.5. The van der Waals surface area contributed by atoms with Crippen molar-refractivity contribution >= 4 is 30.6 Å². The molecule has 6 rings (SSSR count). The fraction of sp³-hybridized carbons (Fsp3) is 0.359. The van der Waals surface area contributed by atoms with E-state index in [-0.39, 0.29) is 23.1 Å².